The largest absolute Gasteiger partial charge is 0.491 e. The molecule has 1 aliphatic rings. The molecule has 2 unspecified atom stereocenters. The summed E-state index contributed by atoms with van der Waals surface area (Å²) in [5.41, 5.74) is 1.30. The lowest BCUT2D eigenvalue weighted by molar-refractivity contribution is 0.238. The van der Waals surface area contributed by atoms with Crippen molar-refractivity contribution >= 4 is 10.8 Å². The fraction of sp³-hybridized carbons (Fsp3) is 0.524. The molecule has 0 radical (unpaired) electrons. The maximum absolute atomic E-state index is 6.07. The molecule has 2 atom stereocenters. The Hall–Kier alpha value is -1.54. The lowest BCUT2D eigenvalue weighted by atomic mass is 9.87. The van der Waals surface area contributed by atoms with E-state index in [2.05, 4.69) is 62.5 Å². The van der Waals surface area contributed by atoms with Gasteiger partial charge in [0.2, 0.25) is 0 Å². The molecule has 0 amide bonds. The molecule has 3 rings (SSSR count). The molecule has 2 aromatic carbocycles. The first-order valence-electron chi connectivity index (χ1n) is 9.04. The molecule has 0 spiro atoms. The van der Waals surface area contributed by atoms with Gasteiger partial charge in [-0.3, -0.25) is 0 Å². The Bertz CT molecular complexity index is 649. The molecule has 0 aliphatic heterocycles. The highest BCUT2D eigenvalue weighted by atomic mass is 16.5. The minimum absolute atomic E-state index is 0.199. The van der Waals surface area contributed by atoms with Crippen LogP contribution in [0.15, 0.2) is 36.4 Å². The molecule has 1 fully saturated rings. The van der Waals surface area contributed by atoms with Crippen LogP contribution < -0.4 is 10.1 Å². The summed E-state index contributed by atoms with van der Waals surface area (Å²) < 4.78 is 6.07. The van der Waals surface area contributed by atoms with E-state index >= 15 is 0 Å². The van der Waals surface area contributed by atoms with Crippen LogP contribution in [-0.4, -0.2) is 12.1 Å². The zero-order valence-electron chi connectivity index (χ0n) is 14.6. The molecule has 124 valence electrons. The molecule has 0 heterocycles. The summed E-state index contributed by atoms with van der Waals surface area (Å²) in [6.45, 7) is 7.45. The minimum atomic E-state index is 0.199. The van der Waals surface area contributed by atoms with E-state index in [9.17, 15) is 0 Å². The number of nitrogens with one attached hydrogen (secondary N) is 1. The number of fused-ring (bicyclic) bond motifs is 1. The first-order valence-corrected chi connectivity index (χ1v) is 9.04. The van der Waals surface area contributed by atoms with Gasteiger partial charge in [0.1, 0.15) is 5.75 Å². The van der Waals surface area contributed by atoms with Gasteiger partial charge in [0.05, 0.1) is 6.10 Å². The summed E-state index contributed by atoms with van der Waals surface area (Å²) in [6, 6.07) is 13.6. The van der Waals surface area contributed by atoms with Gasteiger partial charge in [-0.05, 0) is 49.4 Å². The maximum Gasteiger partial charge on any atom is 0.124 e. The third-order valence-corrected chi connectivity index (χ3v) is 4.86. The van der Waals surface area contributed by atoms with Crippen LogP contribution in [0.5, 0.6) is 5.75 Å². The van der Waals surface area contributed by atoms with Crippen LogP contribution in [0, 0.1) is 5.92 Å². The molecule has 2 aromatic rings. The van der Waals surface area contributed by atoms with Gasteiger partial charge in [-0.15, -0.1) is 0 Å². The van der Waals surface area contributed by atoms with E-state index in [4.69, 9.17) is 4.74 Å². The number of rotatable bonds is 5. The SMILES string of the molecule is CC1CCCC(NCc2c(OC(C)C)ccc3ccccc23)C1. The Morgan fingerprint density at radius 2 is 1.96 bits per heavy atom. The van der Waals surface area contributed by atoms with Crippen molar-refractivity contribution in [2.75, 3.05) is 0 Å². The number of ether oxygens (including phenoxy) is 1. The predicted octanol–water partition coefficient (Wildman–Crippen LogP) is 5.30. The normalized spacial score (nSPS) is 21.7. The van der Waals surface area contributed by atoms with Gasteiger partial charge in [-0.25, -0.2) is 0 Å². The van der Waals surface area contributed by atoms with Crippen LogP contribution in [0.1, 0.15) is 52.0 Å². The summed E-state index contributed by atoms with van der Waals surface area (Å²) in [5, 5.41) is 6.39. The van der Waals surface area contributed by atoms with Crippen molar-refractivity contribution in [3.63, 3.8) is 0 Å². The van der Waals surface area contributed by atoms with Crippen LogP contribution in [0.25, 0.3) is 10.8 Å². The standard InChI is InChI=1S/C21H29NO/c1-15(2)23-21-12-11-17-8-4-5-10-19(17)20(21)14-22-18-9-6-7-16(3)13-18/h4-5,8,10-12,15-16,18,22H,6-7,9,13-14H2,1-3H3. The van der Waals surface area contributed by atoms with E-state index in [1.807, 2.05) is 0 Å². The van der Waals surface area contributed by atoms with Gasteiger partial charge in [0, 0.05) is 18.2 Å². The summed E-state index contributed by atoms with van der Waals surface area (Å²) >= 11 is 0. The van der Waals surface area contributed by atoms with Gasteiger partial charge < -0.3 is 10.1 Å². The Labute approximate surface area is 140 Å². The average Bonchev–Trinajstić information content (AvgIpc) is 2.53. The zero-order valence-corrected chi connectivity index (χ0v) is 14.6. The quantitative estimate of drug-likeness (QED) is 0.809. The lowest BCUT2D eigenvalue weighted by Gasteiger charge is -2.28. The maximum atomic E-state index is 6.07. The third kappa shape index (κ3) is 4.06. The second-order valence-electron chi connectivity index (χ2n) is 7.28. The average molecular weight is 311 g/mol. The Morgan fingerprint density at radius 3 is 2.74 bits per heavy atom. The van der Waals surface area contributed by atoms with Crippen molar-refractivity contribution < 1.29 is 4.74 Å². The van der Waals surface area contributed by atoms with Crippen molar-refractivity contribution in [1.82, 2.24) is 5.32 Å². The fourth-order valence-electron chi connectivity index (χ4n) is 3.73. The molecule has 1 aliphatic carbocycles. The van der Waals surface area contributed by atoms with E-state index in [0.717, 1.165) is 18.2 Å². The number of hydrogen-bond donors (Lipinski definition) is 1. The van der Waals surface area contributed by atoms with E-state index in [0.29, 0.717) is 6.04 Å². The van der Waals surface area contributed by atoms with E-state index in [1.165, 1.54) is 42.0 Å². The molecule has 0 aromatic heterocycles. The van der Waals surface area contributed by atoms with Crippen molar-refractivity contribution in [3.8, 4) is 5.75 Å². The van der Waals surface area contributed by atoms with Crippen LogP contribution in [0.4, 0.5) is 0 Å². The predicted molar refractivity (Wildman–Crippen MR) is 98.0 cm³/mol. The second kappa shape index (κ2) is 7.35. The molecule has 1 saturated carbocycles. The molecule has 2 nitrogen and oxygen atoms in total. The van der Waals surface area contributed by atoms with Gasteiger partial charge >= 0.3 is 0 Å². The Kier molecular flexibility index (Phi) is 5.22. The molecule has 0 bridgehead atoms. The first-order chi connectivity index (χ1) is 11.1. The highest BCUT2D eigenvalue weighted by Gasteiger charge is 2.19. The van der Waals surface area contributed by atoms with Gasteiger partial charge in [-0.2, -0.15) is 0 Å². The summed E-state index contributed by atoms with van der Waals surface area (Å²) in [7, 11) is 0. The smallest absolute Gasteiger partial charge is 0.124 e. The fourth-order valence-corrected chi connectivity index (χ4v) is 3.73. The highest BCUT2D eigenvalue weighted by molar-refractivity contribution is 5.87. The molecule has 2 heteroatoms. The molecular weight excluding hydrogens is 282 g/mol. The van der Waals surface area contributed by atoms with Crippen molar-refractivity contribution in [3.05, 3.63) is 42.0 Å². The third-order valence-electron chi connectivity index (χ3n) is 4.86. The van der Waals surface area contributed by atoms with Crippen LogP contribution in [0.2, 0.25) is 0 Å². The number of benzene rings is 2. The summed E-state index contributed by atoms with van der Waals surface area (Å²) in [5.74, 6) is 1.87. The Morgan fingerprint density at radius 1 is 1.13 bits per heavy atom. The van der Waals surface area contributed by atoms with Crippen LogP contribution >= 0.6 is 0 Å². The monoisotopic (exact) mass is 311 g/mol. The van der Waals surface area contributed by atoms with Gasteiger partial charge in [-0.1, -0.05) is 50.1 Å². The first kappa shape index (κ1) is 16.3. The van der Waals surface area contributed by atoms with E-state index < -0.39 is 0 Å². The minimum Gasteiger partial charge on any atom is -0.491 e. The highest BCUT2D eigenvalue weighted by Crippen LogP contribution is 2.30. The summed E-state index contributed by atoms with van der Waals surface area (Å²) in [6.07, 6.45) is 5.53. The lowest BCUT2D eigenvalue weighted by Crippen LogP contribution is -2.33. The van der Waals surface area contributed by atoms with Crippen LogP contribution in [0.3, 0.4) is 0 Å². The Balaban J connectivity index is 1.84. The molecule has 1 N–H and O–H groups in total. The molecule has 23 heavy (non-hydrogen) atoms. The van der Waals surface area contributed by atoms with E-state index in [1.54, 1.807) is 0 Å². The number of hydrogen-bond acceptors (Lipinski definition) is 2. The van der Waals surface area contributed by atoms with E-state index in [-0.39, 0.29) is 6.10 Å². The van der Waals surface area contributed by atoms with Gasteiger partial charge in [0.25, 0.3) is 0 Å². The van der Waals surface area contributed by atoms with Crippen LogP contribution in [-0.2, 0) is 6.54 Å². The van der Waals surface area contributed by atoms with Crippen molar-refractivity contribution in [1.29, 1.82) is 0 Å². The topological polar surface area (TPSA) is 21.3 Å². The summed E-state index contributed by atoms with van der Waals surface area (Å²) in [4.78, 5) is 0. The zero-order chi connectivity index (χ0) is 16.2. The van der Waals surface area contributed by atoms with Crippen molar-refractivity contribution in [2.24, 2.45) is 5.92 Å². The second-order valence-corrected chi connectivity index (χ2v) is 7.28. The van der Waals surface area contributed by atoms with Crippen molar-refractivity contribution in [2.45, 2.75) is 65.1 Å². The molecular formula is C21H29NO. The van der Waals surface area contributed by atoms with Gasteiger partial charge in [0.15, 0.2) is 0 Å². The molecule has 0 saturated heterocycles.